The summed E-state index contributed by atoms with van der Waals surface area (Å²) in [4.78, 5) is 4.98. The van der Waals surface area contributed by atoms with Crippen LogP contribution in [0.25, 0.3) is 0 Å². The molecule has 0 radical (unpaired) electrons. The van der Waals surface area contributed by atoms with E-state index in [2.05, 4.69) is 75.6 Å². The molecule has 1 saturated heterocycles. The predicted molar refractivity (Wildman–Crippen MR) is 102 cm³/mol. The van der Waals surface area contributed by atoms with Gasteiger partial charge in [-0.3, -0.25) is 4.90 Å². The van der Waals surface area contributed by atoms with Crippen LogP contribution in [0.3, 0.4) is 0 Å². The first kappa shape index (κ1) is 17.6. The van der Waals surface area contributed by atoms with Crippen LogP contribution in [0.4, 0.5) is 0 Å². The molecule has 2 aromatic rings. The van der Waals surface area contributed by atoms with Gasteiger partial charge in [-0.2, -0.15) is 0 Å². The molecule has 1 aliphatic rings. The first-order valence-corrected chi connectivity index (χ1v) is 9.06. The normalized spacial score (nSPS) is 15.5. The average Bonchev–Trinajstić information content (AvgIpc) is 2.68. The molecule has 4 heteroatoms. The van der Waals surface area contributed by atoms with Crippen molar-refractivity contribution >= 4 is 5.71 Å². The predicted octanol–water partition coefficient (Wildman–Crippen LogP) is 3.61. The monoisotopic (exact) mass is 337 g/mol. The van der Waals surface area contributed by atoms with E-state index in [9.17, 15) is 0 Å². The van der Waals surface area contributed by atoms with E-state index < -0.39 is 0 Å². The second kappa shape index (κ2) is 9.35. The van der Waals surface area contributed by atoms with E-state index in [1.165, 1.54) is 11.1 Å². The Kier molecular flexibility index (Phi) is 6.60. The zero-order chi connectivity index (χ0) is 17.3. The van der Waals surface area contributed by atoms with E-state index in [0.717, 1.165) is 57.8 Å². The minimum Gasteiger partial charge on any atom is -0.411 e. The summed E-state index contributed by atoms with van der Waals surface area (Å²) in [5.41, 5.74) is 3.64. The molecule has 0 aliphatic carbocycles. The van der Waals surface area contributed by atoms with E-state index in [0.29, 0.717) is 0 Å². The Labute approximate surface area is 150 Å². The lowest BCUT2D eigenvalue weighted by molar-refractivity contribution is 0.190. The smallest absolute Gasteiger partial charge is 0.0596 e. The molecule has 0 bridgehead atoms. The maximum absolute atomic E-state index is 8.88. The SMILES string of the molecule is ON=C1CCN(CCN(Cc2ccccc2)Cc2ccccc2)CC1. The molecule has 1 N–H and O–H groups in total. The minimum atomic E-state index is 0.883. The van der Waals surface area contributed by atoms with Gasteiger partial charge in [-0.1, -0.05) is 65.8 Å². The van der Waals surface area contributed by atoms with Gasteiger partial charge < -0.3 is 10.1 Å². The molecule has 132 valence electrons. The number of piperidine rings is 1. The lowest BCUT2D eigenvalue weighted by Crippen LogP contribution is -2.39. The number of rotatable bonds is 7. The Morgan fingerprint density at radius 1 is 0.840 bits per heavy atom. The molecule has 25 heavy (non-hydrogen) atoms. The van der Waals surface area contributed by atoms with Gasteiger partial charge in [0, 0.05) is 52.1 Å². The molecule has 4 nitrogen and oxygen atoms in total. The highest BCUT2D eigenvalue weighted by atomic mass is 16.4. The Morgan fingerprint density at radius 2 is 1.36 bits per heavy atom. The van der Waals surface area contributed by atoms with E-state index >= 15 is 0 Å². The lowest BCUT2D eigenvalue weighted by atomic mass is 10.1. The van der Waals surface area contributed by atoms with E-state index in [4.69, 9.17) is 5.21 Å². The largest absolute Gasteiger partial charge is 0.411 e. The molecule has 0 aromatic heterocycles. The summed E-state index contributed by atoms with van der Waals surface area (Å²) in [5.74, 6) is 0. The molecular formula is C21H27N3O. The third-order valence-corrected chi connectivity index (χ3v) is 4.81. The van der Waals surface area contributed by atoms with Crippen molar-refractivity contribution in [3.63, 3.8) is 0 Å². The number of hydrogen-bond donors (Lipinski definition) is 1. The van der Waals surface area contributed by atoms with Crippen LogP contribution in [0, 0.1) is 0 Å². The Hall–Kier alpha value is -2.17. The number of oxime groups is 1. The van der Waals surface area contributed by atoms with E-state index in [1.807, 2.05) is 0 Å². The van der Waals surface area contributed by atoms with Crippen molar-refractivity contribution < 1.29 is 5.21 Å². The van der Waals surface area contributed by atoms with Crippen LogP contribution in [0.2, 0.25) is 0 Å². The zero-order valence-corrected chi connectivity index (χ0v) is 14.7. The van der Waals surface area contributed by atoms with Crippen molar-refractivity contribution in [2.45, 2.75) is 25.9 Å². The van der Waals surface area contributed by atoms with Crippen LogP contribution < -0.4 is 0 Å². The van der Waals surface area contributed by atoms with Crippen LogP contribution in [0.1, 0.15) is 24.0 Å². The summed E-state index contributed by atoms with van der Waals surface area (Å²) in [6.07, 6.45) is 1.77. The molecule has 2 aromatic carbocycles. The summed E-state index contributed by atoms with van der Waals surface area (Å²) >= 11 is 0. The lowest BCUT2D eigenvalue weighted by Gasteiger charge is -2.30. The molecule has 0 saturated carbocycles. The van der Waals surface area contributed by atoms with Crippen LogP contribution in [-0.2, 0) is 13.1 Å². The summed E-state index contributed by atoms with van der Waals surface area (Å²) < 4.78 is 0. The zero-order valence-electron chi connectivity index (χ0n) is 14.7. The molecule has 3 rings (SSSR count). The van der Waals surface area contributed by atoms with Crippen molar-refractivity contribution in [2.75, 3.05) is 26.2 Å². The van der Waals surface area contributed by atoms with Crippen LogP contribution >= 0.6 is 0 Å². The van der Waals surface area contributed by atoms with Gasteiger partial charge in [-0.05, 0) is 11.1 Å². The van der Waals surface area contributed by atoms with Gasteiger partial charge in [0.25, 0.3) is 0 Å². The number of hydrogen-bond acceptors (Lipinski definition) is 4. The summed E-state index contributed by atoms with van der Waals surface area (Å²) in [6.45, 7) is 6.00. The summed E-state index contributed by atoms with van der Waals surface area (Å²) in [7, 11) is 0. The standard InChI is InChI=1S/C21H27N3O/c25-22-21-11-13-23(14-12-21)15-16-24(17-19-7-3-1-4-8-19)18-20-9-5-2-6-10-20/h1-10,25H,11-18H2. The molecule has 1 heterocycles. The highest BCUT2D eigenvalue weighted by Gasteiger charge is 2.16. The van der Waals surface area contributed by atoms with E-state index in [-0.39, 0.29) is 0 Å². The van der Waals surface area contributed by atoms with Crippen LogP contribution in [-0.4, -0.2) is 46.9 Å². The van der Waals surface area contributed by atoms with Crippen molar-refractivity contribution in [3.8, 4) is 0 Å². The van der Waals surface area contributed by atoms with Gasteiger partial charge in [0.05, 0.1) is 5.71 Å². The van der Waals surface area contributed by atoms with Gasteiger partial charge in [-0.25, -0.2) is 0 Å². The number of nitrogens with zero attached hydrogens (tertiary/aromatic N) is 3. The molecule has 1 fully saturated rings. The average molecular weight is 337 g/mol. The Morgan fingerprint density at radius 3 is 1.84 bits per heavy atom. The van der Waals surface area contributed by atoms with E-state index in [1.54, 1.807) is 0 Å². The highest BCUT2D eigenvalue weighted by molar-refractivity contribution is 5.84. The maximum atomic E-state index is 8.88. The molecule has 1 aliphatic heterocycles. The number of benzene rings is 2. The fraction of sp³-hybridized carbons (Fsp3) is 0.381. The third-order valence-electron chi connectivity index (χ3n) is 4.81. The van der Waals surface area contributed by atoms with Crippen LogP contribution in [0.15, 0.2) is 65.8 Å². The van der Waals surface area contributed by atoms with Crippen molar-refractivity contribution in [2.24, 2.45) is 5.16 Å². The molecule has 0 atom stereocenters. The molecule has 0 amide bonds. The maximum Gasteiger partial charge on any atom is 0.0596 e. The first-order chi connectivity index (χ1) is 12.3. The Balaban J connectivity index is 1.58. The Bertz CT molecular complexity index is 606. The van der Waals surface area contributed by atoms with Crippen molar-refractivity contribution in [3.05, 3.63) is 71.8 Å². The summed E-state index contributed by atoms with van der Waals surface area (Å²) in [6, 6.07) is 21.4. The fourth-order valence-corrected chi connectivity index (χ4v) is 3.31. The topological polar surface area (TPSA) is 39.1 Å². The van der Waals surface area contributed by atoms with Gasteiger partial charge in [0.2, 0.25) is 0 Å². The molecular weight excluding hydrogens is 310 g/mol. The quantitative estimate of drug-likeness (QED) is 0.620. The second-order valence-corrected chi connectivity index (χ2v) is 6.69. The fourth-order valence-electron chi connectivity index (χ4n) is 3.31. The van der Waals surface area contributed by atoms with Crippen molar-refractivity contribution in [1.29, 1.82) is 0 Å². The van der Waals surface area contributed by atoms with Crippen molar-refractivity contribution in [1.82, 2.24) is 9.80 Å². The number of likely N-dealkylation sites (tertiary alicyclic amines) is 1. The van der Waals surface area contributed by atoms with Crippen LogP contribution in [0.5, 0.6) is 0 Å². The molecule has 0 spiro atoms. The molecule has 0 unspecified atom stereocenters. The summed E-state index contributed by atoms with van der Waals surface area (Å²) in [5, 5.41) is 12.3. The minimum absolute atomic E-state index is 0.883. The highest BCUT2D eigenvalue weighted by Crippen LogP contribution is 2.12. The van der Waals surface area contributed by atoms with Gasteiger partial charge in [-0.15, -0.1) is 0 Å². The third kappa shape index (κ3) is 5.69. The second-order valence-electron chi connectivity index (χ2n) is 6.69. The first-order valence-electron chi connectivity index (χ1n) is 9.06. The van der Waals surface area contributed by atoms with Gasteiger partial charge in [0.1, 0.15) is 0 Å². The van der Waals surface area contributed by atoms with Gasteiger partial charge in [0.15, 0.2) is 0 Å². The van der Waals surface area contributed by atoms with Gasteiger partial charge >= 0.3 is 0 Å².